The number of anilines is 1. The first kappa shape index (κ1) is 25.1. The van der Waals surface area contributed by atoms with Gasteiger partial charge in [0.2, 0.25) is 5.91 Å². The molecule has 0 fully saturated rings. The van der Waals surface area contributed by atoms with Crippen LogP contribution in [0.15, 0.2) is 64.7 Å². The van der Waals surface area contributed by atoms with Crippen LogP contribution in [0, 0.1) is 0 Å². The second-order valence-corrected chi connectivity index (χ2v) is 9.67. The number of aryl methyl sites for hydroxylation is 1. The van der Waals surface area contributed by atoms with Crippen molar-refractivity contribution in [2.75, 3.05) is 11.1 Å². The molecule has 0 spiro atoms. The van der Waals surface area contributed by atoms with E-state index in [2.05, 4.69) is 64.9 Å². The number of carbonyl (C=O) groups is 1. The normalized spacial score (nSPS) is 10.9. The molecule has 0 unspecified atom stereocenters. The third-order valence-corrected chi connectivity index (χ3v) is 6.49. The molecule has 0 saturated heterocycles. The minimum absolute atomic E-state index is 0.0911. The molecule has 0 aliphatic rings. The number of thioether (sulfide) groups is 1. The maximum atomic E-state index is 12.4. The highest BCUT2D eigenvalue weighted by Crippen LogP contribution is 2.30. The van der Waals surface area contributed by atoms with Crippen LogP contribution in [0.1, 0.15) is 43.6 Å². The van der Waals surface area contributed by atoms with Crippen LogP contribution in [0.2, 0.25) is 0 Å². The van der Waals surface area contributed by atoms with Crippen LogP contribution < -0.4 is 10.1 Å². The maximum Gasteiger partial charge on any atom is 0.234 e. The summed E-state index contributed by atoms with van der Waals surface area (Å²) in [5.41, 5.74) is 3.14. The van der Waals surface area contributed by atoms with Crippen molar-refractivity contribution < 1.29 is 9.53 Å². The van der Waals surface area contributed by atoms with Crippen molar-refractivity contribution in [1.29, 1.82) is 0 Å². The SMILES string of the molecule is C=CCn1c(COc2ccc(Br)cc2C(C)C)nnc1SCC(=O)Nc1ccc(CC)cc1. The fourth-order valence-corrected chi connectivity index (χ4v) is 4.39. The van der Waals surface area contributed by atoms with Gasteiger partial charge in [-0.3, -0.25) is 9.36 Å². The van der Waals surface area contributed by atoms with Crippen LogP contribution in [-0.4, -0.2) is 26.4 Å². The standard InChI is InChI=1S/C25H29BrN4O2S/c1-5-13-30-23(15-32-22-12-9-19(26)14-21(22)17(3)4)28-29-25(30)33-16-24(31)27-20-10-7-18(6-2)8-11-20/h5,7-12,14,17H,1,6,13,15-16H2,2-4H3,(H,27,31). The van der Waals surface area contributed by atoms with Crippen molar-refractivity contribution >= 4 is 39.3 Å². The average molecular weight is 530 g/mol. The van der Waals surface area contributed by atoms with Gasteiger partial charge in [0.05, 0.1) is 5.75 Å². The Morgan fingerprint density at radius 3 is 2.67 bits per heavy atom. The van der Waals surface area contributed by atoms with Crippen LogP contribution >= 0.6 is 27.7 Å². The zero-order valence-electron chi connectivity index (χ0n) is 19.2. The Morgan fingerprint density at radius 1 is 1.24 bits per heavy atom. The van der Waals surface area contributed by atoms with E-state index in [-0.39, 0.29) is 18.3 Å². The number of nitrogens with zero attached hydrogens (tertiary/aromatic N) is 3. The second-order valence-electron chi connectivity index (χ2n) is 7.81. The first-order valence-corrected chi connectivity index (χ1v) is 12.7. The van der Waals surface area contributed by atoms with Crippen molar-refractivity contribution in [3.8, 4) is 5.75 Å². The number of halogens is 1. The van der Waals surface area contributed by atoms with Crippen LogP contribution in [0.5, 0.6) is 5.75 Å². The zero-order chi connectivity index (χ0) is 23.8. The molecule has 1 amide bonds. The van der Waals surface area contributed by atoms with Gasteiger partial charge in [0.25, 0.3) is 0 Å². The maximum absolute atomic E-state index is 12.4. The van der Waals surface area contributed by atoms with E-state index in [0.29, 0.717) is 23.4 Å². The summed E-state index contributed by atoms with van der Waals surface area (Å²) in [5.74, 6) is 1.98. The summed E-state index contributed by atoms with van der Waals surface area (Å²) >= 11 is 4.87. The molecule has 3 aromatic rings. The van der Waals surface area contributed by atoms with Gasteiger partial charge in [0, 0.05) is 16.7 Å². The lowest BCUT2D eigenvalue weighted by Crippen LogP contribution is -2.15. The zero-order valence-corrected chi connectivity index (χ0v) is 21.6. The average Bonchev–Trinajstić information content (AvgIpc) is 3.19. The number of aromatic nitrogens is 3. The number of rotatable bonds is 11. The number of hydrogen-bond acceptors (Lipinski definition) is 5. The predicted octanol–water partition coefficient (Wildman–Crippen LogP) is 6.22. The molecule has 6 nitrogen and oxygen atoms in total. The highest BCUT2D eigenvalue weighted by molar-refractivity contribution is 9.10. The van der Waals surface area contributed by atoms with Gasteiger partial charge in [0.1, 0.15) is 12.4 Å². The lowest BCUT2D eigenvalue weighted by atomic mass is 10.0. The van der Waals surface area contributed by atoms with E-state index in [9.17, 15) is 4.79 Å². The molecule has 0 aliphatic carbocycles. The van der Waals surface area contributed by atoms with E-state index in [1.165, 1.54) is 17.3 Å². The van der Waals surface area contributed by atoms with E-state index < -0.39 is 0 Å². The highest BCUT2D eigenvalue weighted by Gasteiger charge is 2.16. The monoisotopic (exact) mass is 528 g/mol. The Labute approximate surface area is 208 Å². The first-order chi connectivity index (χ1) is 15.9. The Balaban J connectivity index is 1.64. The molecular weight excluding hydrogens is 500 g/mol. The van der Waals surface area contributed by atoms with Crippen LogP contribution in [-0.2, 0) is 24.4 Å². The minimum atomic E-state index is -0.0911. The molecule has 8 heteroatoms. The molecule has 0 saturated carbocycles. The third-order valence-electron chi connectivity index (χ3n) is 5.03. The van der Waals surface area contributed by atoms with Gasteiger partial charge in [-0.05, 0) is 53.8 Å². The number of amides is 1. The Kier molecular flexibility index (Phi) is 9.14. The number of hydrogen-bond donors (Lipinski definition) is 1. The number of nitrogens with one attached hydrogen (secondary N) is 1. The quantitative estimate of drug-likeness (QED) is 0.236. The minimum Gasteiger partial charge on any atom is -0.485 e. The van der Waals surface area contributed by atoms with E-state index in [1.807, 2.05) is 41.0 Å². The van der Waals surface area contributed by atoms with Crippen LogP contribution in [0.25, 0.3) is 0 Å². The van der Waals surface area contributed by atoms with Crippen LogP contribution in [0.4, 0.5) is 5.69 Å². The molecule has 0 aliphatic heterocycles. The van der Waals surface area contributed by atoms with Gasteiger partial charge < -0.3 is 10.1 Å². The highest BCUT2D eigenvalue weighted by atomic mass is 79.9. The van der Waals surface area contributed by atoms with E-state index in [4.69, 9.17) is 4.74 Å². The van der Waals surface area contributed by atoms with Gasteiger partial charge in [0.15, 0.2) is 11.0 Å². The Morgan fingerprint density at radius 2 is 2.00 bits per heavy atom. The number of benzene rings is 2. The van der Waals surface area contributed by atoms with Crippen molar-refractivity contribution in [1.82, 2.24) is 14.8 Å². The number of allylic oxidation sites excluding steroid dienone is 1. The van der Waals surface area contributed by atoms with E-state index >= 15 is 0 Å². The van der Waals surface area contributed by atoms with Crippen molar-refractivity contribution in [2.45, 2.75) is 51.4 Å². The lowest BCUT2D eigenvalue weighted by molar-refractivity contribution is -0.113. The molecule has 3 rings (SSSR count). The summed E-state index contributed by atoms with van der Waals surface area (Å²) in [6.45, 7) is 11.0. The molecule has 0 radical (unpaired) electrons. The molecule has 2 aromatic carbocycles. The Hall–Kier alpha value is -2.58. The molecule has 1 aromatic heterocycles. The van der Waals surface area contributed by atoms with Gasteiger partial charge in [-0.15, -0.1) is 16.8 Å². The lowest BCUT2D eigenvalue weighted by Gasteiger charge is -2.15. The third kappa shape index (κ3) is 6.95. The largest absolute Gasteiger partial charge is 0.485 e. The molecule has 1 N–H and O–H groups in total. The molecule has 0 bridgehead atoms. The summed E-state index contributed by atoms with van der Waals surface area (Å²) in [6.07, 6.45) is 2.75. The number of carbonyl (C=O) groups excluding carboxylic acids is 1. The van der Waals surface area contributed by atoms with E-state index in [0.717, 1.165) is 27.9 Å². The van der Waals surface area contributed by atoms with Crippen molar-refractivity contribution in [3.63, 3.8) is 0 Å². The van der Waals surface area contributed by atoms with Crippen LogP contribution in [0.3, 0.4) is 0 Å². The second kappa shape index (κ2) is 12.0. The van der Waals surface area contributed by atoms with Gasteiger partial charge in [-0.2, -0.15) is 0 Å². The molecule has 174 valence electrons. The van der Waals surface area contributed by atoms with Gasteiger partial charge in [-0.1, -0.05) is 66.7 Å². The fourth-order valence-electron chi connectivity index (χ4n) is 3.24. The fraction of sp³-hybridized carbons (Fsp3) is 0.320. The van der Waals surface area contributed by atoms with Crippen molar-refractivity contribution in [3.05, 3.63) is 76.5 Å². The topological polar surface area (TPSA) is 69.0 Å². The summed E-state index contributed by atoms with van der Waals surface area (Å²) in [5, 5.41) is 12.2. The summed E-state index contributed by atoms with van der Waals surface area (Å²) in [6, 6.07) is 13.9. The molecule has 33 heavy (non-hydrogen) atoms. The summed E-state index contributed by atoms with van der Waals surface area (Å²) in [4.78, 5) is 12.4. The van der Waals surface area contributed by atoms with Crippen molar-refractivity contribution in [2.24, 2.45) is 0 Å². The molecule has 1 heterocycles. The van der Waals surface area contributed by atoms with Gasteiger partial charge >= 0.3 is 0 Å². The molecular formula is C25H29BrN4O2S. The predicted molar refractivity (Wildman–Crippen MR) is 138 cm³/mol. The van der Waals surface area contributed by atoms with E-state index in [1.54, 1.807) is 6.08 Å². The first-order valence-electron chi connectivity index (χ1n) is 10.9. The smallest absolute Gasteiger partial charge is 0.234 e. The summed E-state index contributed by atoms with van der Waals surface area (Å²) in [7, 11) is 0. The molecule has 0 atom stereocenters. The Bertz CT molecular complexity index is 1100. The number of ether oxygens (including phenoxy) is 1. The van der Waals surface area contributed by atoms with Gasteiger partial charge in [-0.25, -0.2) is 0 Å². The summed E-state index contributed by atoms with van der Waals surface area (Å²) < 4.78 is 9.04.